The third-order valence-electron chi connectivity index (χ3n) is 9.94. The summed E-state index contributed by atoms with van der Waals surface area (Å²) >= 11 is 0. The zero-order chi connectivity index (χ0) is 33.0. The quantitative estimate of drug-likeness (QED) is 0.189. The Hall–Kier alpha value is -6.59. The first-order valence-corrected chi connectivity index (χ1v) is 17.0. The Balaban J connectivity index is 1.15. The molecular weight excluding hydrogens is 611 g/mol. The molecule has 0 spiro atoms. The minimum absolute atomic E-state index is 0.0834. The molecule has 0 radical (unpaired) electrons. The Bertz CT molecular complexity index is 2610. The molecule has 2 atom stereocenters. The average molecular weight is 642 g/mol. The van der Waals surface area contributed by atoms with Crippen LogP contribution in [0.25, 0.3) is 62.9 Å². The van der Waals surface area contributed by atoms with Gasteiger partial charge in [0, 0.05) is 50.3 Å². The lowest BCUT2D eigenvalue weighted by atomic mass is 9.90. The second-order valence-corrected chi connectivity index (χ2v) is 12.9. The van der Waals surface area contributed by atoms with Crippen LogP contribution in [0.4, 0.5) is 11.4 Å². The molecule has 8 aromatic rings. The number of anilines is 2. The van der Waals surface area contributed by atoms with Crippen LogP contribution in [-0.2, 0) is 0 Å². The van der Waals surface area contributed by atoms with Crippen molar-refractivity contribution in [2.45, 2.75) is 12.0 Å². The van der Waals surface area contributed by atoms with E-state index in [1.165, 1.54) is 32.7 Å². The van der Waals surface area contributed by atoms with Gasteiger partial charge in [-0.3, -0.25) is 0 Å². The van der Waals surface area contributed by atoms with Gasteiger partial charge in [0.05, 0.1) is 16.9 Å². The molecule has 6 aromatic carbocycles. The van der Waals surface area contributed by atoms with E-state index in [9.17, 15) is 0 Å². The number of hydrogen-bond donors (Lipinski definition) is 0. The largest absolute Gasteiger partial charge is 0.333 e. The summed E-state index contributed by atoms with van der Waals surface area (Å²) in [5.74, 6) is 2.16. The lowest BCUT2D eigenvalue weighted by Crippen LogP contribution is -2.40. The molecule has 50 heavy (non-hydrogen) atoms. The third-order valence-corrected chi connectivity index (χ3v) is 9.94. The van der Waals surface area contributed by atoms with Crippen LogP contribution in [0.1, 0.15) is 11.5 Å². The number of hydrogen-bond acceptors (Lipinski definition) is 4. The summed E-state index contributed by atoms with van der Waals surface area (Å²) in [5, 5.41) is 3.80. The number of nitrogens with zero attached hydrogens (tertiary/aromatic N) is 5. The lowest BCUT2D eigenvalue weighted by molar-refractivity contribution is 0.796. The smallest absolute Gasteiger partial charge is 0.164 e. The van der Waals surface area contributed by atoms with Crippen molar-refractivity contribution in [3.05, 3.63) is 180 Å². The number of aromatic nitrogens is 4. The number of fused-ring (bicyclic) bond motifs is 6. The number of para-hydroxylation sites is 3. The van der Waals surface area contributed by atoms with Gasteiger partial charge in [-0.25, -0.2) is 15.0 Å². The minimum atomic E-state index is 0.0834. The topological polar surface area (TPSA) is 46.8 Å². The highest BCUT2D eigenvalue weighted by Crippen LogP contribution is 2.47. The highest BCUT2D eigenvalue weighted by Gasteiger charge is 2.38. The standard InChI is InChI=1S/C45H31N5/c1-4-15-30(16-5-1)43-46-44(31-17-6-2-7-18-31)48-45(47-43)32-19-14-22-34(27-32)50-40-26-13-11-24-36(40)38-28-37-35-23-10-12-25-39(35)49(41(37)29-42(38)50)33-20-8-3-9-21-33/h1-29,38,42H. The van der Waals surface area contributed by atoms with Gasteiger partial charge in [-0.2, -0.15) is 0 Å². The molecule has 10 rings (SSSR count). The van der Waals surface area contributed by atoms with E-state index in [2.05, 4.69) is 125 Å². The lowest BCUT2D eigenvalue weighted by Gasteiger charge is -2.29. The molecular formula is C45H31N5. The molecule has 2 aromatic heterocycles. The Morgan fingerprint density at radius 2 is 1.02 bits per heavy atom. The van der Waals surface area contributed by atoms with Gasteiger partial charge in [-0.1, -0.05) is 133 Å². The zero-order valence-corrected chi connectivity index (χ0v) is 27.1. The molecule has 236 valence electrons. The summed E-state index contributed by atoms with van der Waals surface area (Å²) in [7, 11) is 0. The predicted molar refractivity (Wildman–Crippen MR) is 203 cm³/mol. The summed E-state index contributed by atoms with van der Waals surface area (Å²) in [5.41, 5.74) is 8.89. The highest BCUT2D eigenvalue weighted by atomic mass is 15.2. The van der Waals surface area contributed by atoms with Crippen molar-refractivity contribution in [1.82, 2.24) is 19.5 Å². The van der Waals surface area contributed by atoms with E-state index in [1.54, 1.807) is 0 Å². The molecule has 0 fully saturated rings. The van der Waals surface area contributed by atoms with Crippen molar-refractivity contribution in [2.24, 2.45) is 0 Å². The molecule has 1 aliphatic carbocycles. The van der Waals surface area contributed by atoms with E-state index in [-0.39, 0.29) is 12.0 Å². The van der Waals surface area contributed by atoms with Gasteiger partial charge in [-0.15, -0.1) is 0 Å². The van der Waals surface area contributed by atoms with E-state index in [0.717, 1.165) is 28.1 Å². The fourth-order valence-corrected chi connectivity index (χ4v) is 7.72. The Morgan fingerprint density at radius 1 is 0.460 bits per heavy atom. The molecule has 5 heteroatoms. The molecule has 2 aliphatic rings. The van der Waals surface area contributed by atoms with Crippen molar-refractivity contribution < 1.29 is 0 Å². The SMILES string of the molecule is C1=c2c(n(-c3ccccc3)c3ccccc23)=CC2C1c1ccccc1N2c1cccc(-c2nc(-c3ccccc3)nc(-c3ccccc3)n2)c1. The highest BCUT2D eigenvalue weighted by molar-refractivity contribution is 5.88. The zero-order valence-electron chi connectivity index (χ0n) is 27.1. The monoisotopic (exact) mass is 641 g/mol. The van der Waals surface area contributed by atoms with Crippen molar-refractivity contribution in [3.63, 3.8) is 0 Å². The second kappa shape index (κ2) is 11.5. The Labute approximate surface area is 289 Å². The van der Waals surface area contributed by atoms with Crippen LogP contribution >= 0.6 is 0 Å². The van der Waals surface area contributed by atoms with E-state index >= 15 is 0 Å². The first-order chi connectivity index (χ1) is 24.8. The number of rotatable bonds is 5. The van der Waals surface area contributed by atoms with Gasteiger partial charge >= 0.3 is 0 Å². The molecule has 2 unspecified atom stereocenters. The maximum absolute atomic E-state index is 5.03. The maximum Gasteiger partial charge on any atom is 0.164 e. The van der Waals surface area contributed by atoms with Gasteiger partial charge in [0.1, 0.15) is 0 Å². The molecule has 3 heterocycles. The molecule has 0 amide bonds. The van der Waals surface area contributed by atoms with Gasteiger partial charge in [-0.05, 0) is 48.0 Å². The van der Waals surface area contributed by atoms with Gasteiger partial charge < -0.3 is 9.47 Å². The van der Waals surface area contributed by atoms with Crippen molar-refractivity contribution in [2.75, 3.05) is 4.90 Å². The average Bonchev–Trinajstić information content (AvgIpc) is 3.70. The second-order valence-electron chi connectivity index (χ2n) is 12.9. The Morgan fingerprint density at radius 3 is 1.74 bits per heavy atom. The summed E-state index contributed by atoms with van der Waals surface area (Å²) in [6.45, 7) is 0. The Kier molecular flexibility index (Phi) is 6.56. The van der Waals surface area contributed by atoms with Gasteiger partial charge in [0.15, 0.2) is 17.5 Å². The van der Waals surface area contributed by atoms with Crippen molar-refractivity contribution in [3.8, 4) is 39.9 Å². The first kappa shape index (κ1) is 28.4. The van der Waals surface area contributed by atoms with Crippen LogP contribution in [0, 0.1) is 0 Å². The minimum Gasteiger partial charge on any atom is -0.333 e. The molecule has 0 N–H and O–H groups in total. The molecule has 0 bridgehead atoms. The van der Waals surface area contributed by atoms with E-state index in [1.807, 2.05) is 60.7 Å². The van der Waals surface area contributed by atoms with Gasteiger partial charge in [0.2, 0.25) is 0 Å². The van der Waals surface area contributed by atoms with Crippen LogP contribution in [0.15, 0.2) is 164 Å². The van der Waals surface area contributed by atoms with Crippen LogP contribution in [-0.4, -0.2) is 25.6 Å². The predicted octanol–water partition coefficient (Wildman–Crippen LogP) is 8.70. The molecule has 5 nitrogen and oxygen atoms in total. The van der Waals surface area contributed by atoms with Crippen LogP contribution < -0.4 is 15.5 Å². The third kappa shape index (κ3) is 4.59. The normalized spacial score (nSPS) is 15.9. The van der Waals surface area contributed by atoms with E-state index in [4.69, 9.17) is 15.0 Å². The summed E-state index contributed by atoms with van der Waals surface area (Å²) in [6.07, 6.45) is 4.97. The molecule has 0 saturated carbocycles. The number of benzene rings is 6. The summed E-state index contributed by atoms with van der Waals surface area (Å²) in [4.78, 5) is 17.5. The molecule has 0 saturated heterocycles. The fourth-order valence-electron chi connectivity index (χ4n) is 7.72. The fraction of sp³-hybridized carbons (Fsp3) is 0.0444. The van der Waals surface area contributed by atoms with Crippen molar-refractivity contribution >= 4 is 34.4 Å². The maximum atomic E-state index is 5.03. The van der Waals surface area contributed by atoms with Crippen LogP contribution in [0.5, 0.6) is 0 Å². The summed E-state index contributed by atoms with van der Waals surface area (Å²) in [6, 6.07) is 57.3. The van der Waals surface area contributed by atoms with E-state index in [0.29, 0.717) is 17.5 Å². The van der Waals surface area contributed by atoms with Gasteiger partial charge in [0.25, 0.3) is 0 Å². The summed E-state index contributed by atoms with van der Waals surface area (Å²) < 4.78 is 2.41. The molecule has 1 aliphatic heterocycles. The van der Waals surface area contributed by atoms with Crippen molar-refractivity contribution in [1.29, 1.82) is 0 Å². The first-order valence-electron chi connectivity index (χ1n) is 17.0. The van der Waals surface area contributed by atoms with Crippen LogP contribution in [0.3, 0.4) is 0 Å². The van der Waals surface area contributed by atoms with Crippen LogP contribution in [0.2, 0.25) is 0 Å². The van der Waals surface area contributed by atoms with E-state index < -0.39 is 0 Å².